The Morgan fingerprint density at radius 2 is 1.72 bits per heavy atom. The van der Waals surface area contributed by atoms with Crippen LogP contribution >= 0.6 is 11.6 Å². The Bertz CT molecular complexity index is 1180. The van der Waals surface area contributed by atoms with Crippen LogP contribution in [0, 0.1) is 0 Å². The molecule has 0 unspecified atom stereocenters. The van der Waals surface area contributed by atoms with Crippen molar-refractivity contribution in [3.05, 3.63) is 99.4 Å². The van der Waals surface area contributed by atoms with E-state index in [1.165, 1.54) is 0 Å². The third-order valence-electron chi connectivity index (χ3n) is 4.84. The average Bonchev–Trinajstić information content (AvgIpc) is 2.74. The lowest BCUT2D eigenvalue weighted by atomic mass is 9.98. The molecule has 0 spiro atoms. The van der Waals surface area contributed by atoms with Gasteiger partial charge in [-0.15, -0.1) is 0 Å². The maximum Gasteiger partial charge on any atom is 0.336 e. The highest BCUT2D eigenvalue weighted by atomic mass is 35.5. The maximum absolute atomic E-state index is 12.2. The van der Waals surface area contributed by atoms with Crippen molar-refractivity contribution in [1.82, 2.24) is 0 Å². The summed E-state index contributed by atoms with van der Waals surface area (Å²) in [6.07, 6.45) is 1.86. The fourth-order valence-electron chi connectivity index (χ4n) is 3.43. The van der Waals surface area contributed by atoms with Crippen molar-refractivity contribution in [3.8, 4) is 16.9 Å². The highest BCUT2D eigenvalue weighted by Gasteiger charge is 2.13. The Balaban J connectivity index is 1.77. The minimum absolute atomic E-state index is 0.372. The van der Waals surface area contributed by atoms with E-state index in [2.05, 4.69) is 13.0 Å². The summed E-state index contributed by atoms with van der Waals surface area (Å²) >= 11 is 5.96. The molecule has 0 bridgehead atoms. The van der Waals surface area contributed by atoms with Crippen LogP contribution in [-0.2, 0) is 13.0 Å². The van der Waals surface area contributed by atoms with E-state index in [1.807, 2.05) is 60.7 Å². The van der Waals surface area contributed by atoms with Crippen LogP contribution in [0.2, 0.25) is 5.02 Å². The Labute approximate surface area is 174 Å². The van der Waals surface area contributed by atoms with E-state index in [9.17, 15) is 4.79 Å². The molecule has 0 aliphatic heterocycles. The molecular weight excluding hydrogens is 384 g/mol. The zero-order valence-electron chi connectivity index (χ0n) is 16.2. The zero-order chi connectivity index (χ0) is 20.2. The van der Waals surface area contributed by atoms with Crippen molar-refractivity contribution in [3.63, 3.8) is 0 Å². The summed E-state index contributed by atoms with van der Waals surface area (Å²) in [5.41, 5.74) is 4.14. The second kappa shape index (κ2) is 8.54. The van der Waals surface area contributed by atoms with Gasteiger partial charge >= 0.3 is 5.63 Å². The minimum atomic E-state index is -0.372. The highest BCUT2D eigenvalue weighted by Crippen LogP contribution is 2.33. The van der Waals surface area contributed by atoms with Crippen LogP contribution in [0.4, 0.5) is 0 Å². The molecule has 1 aromatic heterocycles. The van der Waals surface area contributed by atoms with Gasteiger partial charge in [-0.25, -0.2) is 4.79 Å². The second-order valence-electron chi connectivity index (χ2n) is 6.97. The summed E-state index contributed by atoms with van der Waals surface area (Å²) in [7, 11) is 0. The van der Waals surface area contributed by atoms with Gasteiger partial charge in [0.25, 0.3) is 0 Å². The van der Waals surface area contributed by atoms with E-state index < -0.39 is 0 Å². The summed E-state index contributed by atoms with van der Waals surface area (Å²) in [4.78, 5) is 12.2. The monoisotopic (exact) mass is 404 g/mol. The molecule has 4 rings (SSSR count). The summed E-state index contributed by atoms with van der Waals surface area (Å²) in [6, 6.07) is 22.9. The third kappa shape index (κ3) is 4.36. The van der Waals surface area contributed by atoms with Gasteiger partial charge in [0.1, 0.15) is 17.9 Å². The van der Waals surface area contributed by atoms with E-state index in [4.69, 9.17) is 20.8 Å². The standard InChI is InChI=1S/C25H21ClO3/c1-2-6-19-13-22-21(18-7-4-3-5-8-18)14-25(27)29-24(22)15-23(19)28-16-17-9-11-20(26)12-10-17/h3-5,7-15H,2,6,16H2,1H3. The van der Waals surface area contributed by atoms with Gasteiger partial charge < -0.3 is 9.15 Å². The van der Waals surface area contributed by atoms with E-state index in [0.717, 1.165) is 46.2 Å². The minimum Gasteiger partial charge on any atom is -0.488 e. The Hall–Kier alpha value is -3.04. The zero-order valence-corrected chi connectivity index (χ0v) is 16.9. The van der Waals surface area contributed by atoms with Crippen LogP contribution in [-0.4, -0.2) is 0 Å². The van der Waals surface area contributed by atoms with E-state index in [1.54, 1.807) is 6.07 Å². The van der Waals surface area contributed by atoms with Crippen LogP contribution in [0.25, 0.3) is 22.1 Å². The maximum atomic E-state index is 12.2. The lowest BCUT2D eigenvalue weighted by Gasteiger charge is -2.14. The molecule has 0 aliphatic carbocycles. The number of fused-ring (bicyclic) bond motifs is 1. The first-order chi connectivity index (χ1) is 14.1. The summed E-state index contributed by atoms with van der Waals surface area (Å²) in [5, 5.41) is 1.61. The molecule has 4 aromatic rings. The van der Waals surface area contributed by atoms with Crippen LogP contribution in [0.1, 0.15) is 24.5 Å². The molecule has 0 radical (unpaired) electrons. The molecule has 29 heavy (non-hydrogen) atoms. The third-order valence-corrected chi connectivity index (χ3v) is 5.09. The molecule has 0 aliphatic rings. The SMILES string of the molecule is CCCc1cc2c(-c3ccccc3)cc(=O)oc2cc1OCc1ccc(Cl)cc1. The summed E-state index contributed by atoms with van der Waals surface area (Å²) in [6.45, 7) is 2.55. The Kier molecular flexibility index (Phi) is 5.68. The molecule has 0 saturated heterocycles. The molecule has 0 N–H and O–H groups in total. The van der Waals surface area contributed by atoms with E-state index in [0.29, 0.717) is 17.2 Å². The fourth-order valence-corrected chi connectivity index (χ4v) is 3.56. The lowest BCUT2D eigenvalue weighted by Crippen LogP contribution is -2.02. The number of ether oxygens (including phenoxy) is 1. The molecule has 0 saturated carbocycles. The first kappa shape index (κ1) is 19.3. The molecule has 3 nitrogen and oxygen atoms in total. The van der Waals surface area contributed by atoms with Crippen LogP contribution < -0.4 is 10.4 Å². The van der Waals surface area contributed by atoms with E-state index >= 15 is 0 Å². The molecule has 0 fully saturated rings. The van der Waals surface area contributed by atoms with Gasteiger partial charge in [-0.3, -0.25) is 0 Å². The number of rotatable bonds is 6. The smallest absolute Gasteiger partial charge is 0.336 e. The molecule has 146 valence electrons. The largest absolute Gasteiger partial charge is 0.488 e. The first-order valence-electron chi connectivity index (χ1n) is 9.67. The van der Waals surface area contributed by atoms with Crippen molar-refractivity contribution < 1.29 is 9.15 Å². The first-order valence-corrected chi connectivity index (χ1v) is 10.1. The number of hydrogen-bond donors (Lipinski definition) is 0. The Morgan fingerprint density at radius 1 is 0.966 bits per heavy atom. The van der Waals surface area contributed by atoms with Crippen molar-refractivity contribution in [2.45, 2.75) is 26.4 Å². The van der Waals surface area contributed by atoms with Crippen molar-refractivity contribution in [2.75, 3.05) is 0 Å². The number of benzene rings is 3. The molecule has 1 heterocycles. The van der Waals surface area contributed by atoms with Gasteiger partial charge in [-0.2, -0.15) is 0 Å². The van der Waals surface area contributed by atoms with Gasteiger partial charge in [0.2, 0.25) is 0 Å². The van der Waals surface area contributed by atoms with Gasteiger partial charge in [-0.05, 0) is 46.9 Å². The fraction of sp³-hybridized carbons (Fsp3) is 0.160. The molecule has 0 amide bonds. The van der Waals surface area contributed by atoms with Crippen LogP contribution in [0.3, 0.4) is 0 Å². The van der Waals surface area contributed by atoms with Gasteiger partial charge in [-0.1, -0.05) is 67.4 Å². The van der Waals surface area contributed by atoms with Crippen molar-refractivity contribution >= 4 is 22.6 Å². The Morgan fingerprint density at radius 3 is 2.45 bits per heavy atom. The predicted octanol–water partition coefficient (Wildman–Crippen LogP) is 6.64. The molecule has 0 atom stereocenters. The van der Waals surface area contributed by atoms with Gasteiger partial charge in [0, 0.05) is 22.5 Å². The lowest BCUT2D eigenvalue weighted by molar-refractivity contribution is 0.302. The van der Waals surface area contributed by atoms with Crippen LogP contribution in [0.5, 0.6) is 5.75 Å². The highest BCUT2D eigenvalue weighted by molar-refractivity contribution is 6.30. The summed E-state index contributed by atoms with van der Waals surface area (Å²) < 4.78 is 11.6. The van der Waals surface area contributed by atoms with Crippen molar-refractivity contribution in [1.29, 1.82) is 0 Å². The average molecular weight is 405 g/mol. The predicted molar refractivity (Wildman–Crippen MR) is 118 cm³/mol. The summed E-state index contributed by atoms with van der Waals surface area (Å²) in [5.74, 6) is 0.739. The molecule has 3 aromatic carbocycles. The second-order valence-corrected chi connectivity index (χ2v) is 7.40. The number of aryl methyl sites for hydroxylation is 1. The van der Waals surface area contributed by atoms with Crippen molar-refractivity contribution in [2.24, 2.45) is 0 Å². The normalized spacial score (nSPS) is 11.0. The topological polar surface area (TPSA) is 39.4 Å². The molecular formula is C25H21ClO3. The number of hydrogen-bond acceptors (Lipinski definition) is 3. The quantitative estimate of drug-likeness (QED) is 0.338. The van der Waals surface area contributed by atoms with Crippen LogP contribution in [0.15, 0.2) is 82.0 Å². The van der Waals surface area contributed by atoms with Gasteiger partial charge in [0.05, 0.1) is 0 Å². The number of halogens is 1. The molecule has 4 heteroatoms. The van der Waals surface area contributed by atoms with Gasteiger partial charge in [0.15, 0.2) is 0 Å². The van der Waals surface area contributed by atoms with E-state index in [-0.39, 0.29) is 5.63 Å².